The molecule has 0 saturated heterocycles. The van der Waals surface area contributed by atoms with Crippen LogP contribution in [0.3, 0.4) is 0 Å². The first kappa shape index (κ1) is 15.5. The van der Waals surface area contributed by atoms with Crippen molar-refractivity contribution >= 4 is 57.7 Å². The Kier molecular flexibility index (Phi) is 5.45. The van der Waals surface area contributed by atoms with E-state index in [-0.39, 0.29) is 5.41 Å². The monoisotopic (exact) mass is 352 g/mol. The van der Waals surface area contributed by atoms with E-state index in [0.29, 0.717) is 16.8 Å². The van der Waals surface area contributed by atoms with Crippen LogP contribution in [0.2, 0.25) is 9.36 Å². The van der Waals surface area contributed by atoms with Crippen LogP contribution in [0.4, 0.5) is 0 Å². The Morgan fingerprint density at radius 3 is 2.16 bits per heavy atom. The van der Waals surface area contributed by atoms with Gasteiger partial charge in [0.05, 0.1) is 4.34 Å². The quantitative estimate of drug-likeness (QED) is 0.577. The average Bonchev–Trinajstić information content (AvgIpc) is 2.82. The van der Waals surface area contributed by atoms with Gasteiger partial charge in [-0.2, -0.15) is 0 Å². The fraction of sp³-hybridized carbons (Fsp3) is 0.286. The van der Waals surface area contributed by atoms with E-state index in [9.17, 15) is 0 Å². The molecule has 2 rings (SSSR count). The molecule has 0 atom stereocenters. The molecule has 0 bridgehead atoms. The zero-order valence-electron chi connectivity index (χ0n) is 10.0. The standard InChI is InChI=1S/C14H12Cl4S/c15-8-14(9-16,7-10-5-6-13(18)19-10)11-3-1-2-4-12(11)17/h1-6H,7-9H2. The van der Waals surface area contributed by atoms with Crippen LogP contribution in [0.15, 0.2) is 36.4 Å². The van der Waals surface area contributed by atoms with Crippen LogP contribution in [0, 0.1) is 0 Å². The van der Waals surface area contributed by atoms with Gasteiger partial charge >= 0.3 is 0 Å². The fourth-order valence-corrected chi connectivity index (χ4v) is 4.37. The van der Waals surface area contributed by atoms with Gasteiger partial charge in [-0.15, -0.1) is 34.5 Å². The van der Waals surface area contributed by atoms with Gasteiger partial charge in [0.1, 0.15) is 0 Å². The van der Waals surface area contributed by atoms with Crippen LogP contribution in [0.25, 0.3) is 0 Å². The Bertz CT molecular complexity index is 546. The summed E-state index contributed by atoms with van der Waals surface area (Å²) in [7, 11) is 0. The summed E-state index contributed by atoms with van der Waals surface area (Å²) in [6.07, 6.45) is 0.737. The van der Waals surface area contributed by atoms with E-state index in [1.807, 2.05) is 36.4 Å². The number of rotatable bonds is 5. The van der Waals surface area contributed by atoms with Gasteiger partial charge in [0.25, 0.3) is 0 Å². The highest BCUT2D eigenvalue weighted by Crippen LogP contribution is 2.37. The lowest BCUT2D eigenvalue weighted by Gasteiger charge is -2.30. The zero-order valence-corrected chi connectivity index (χ0v) is 13.8. The van der Waals surface area contributed by atoms with E-state index >= 15 is 0 Å². The van der Waals surface area contributed by atoms with Crippen molar-refractivity contribution in [1.82, 2.24) is 0 Å². The molecular formula is C14H12Cl4S. The van der Waals surface area contributed by atoms with Crippen molar-refractivity contribution in [3.8, 4) is 0 Å². The average molecular weight is 354 g/mol. The molecule has 1 aromatic carbocycles. The van der Waals surface area contributed by atoms with Crippen molar-refractivity contribution in [2.75, 3.05) is 11.8 Å². The highest BCUT2D eigenvalue weighted by molar-refractivity contribution is 7.16. The normalized spacial score (nSPS) is 11.8. The van der Waals surface area contributed by atoms with E-state index in [0.717, 1.165) is 21.2 Å². The fourth-order valence-electron chi connectivity index (χ4n) is 2.04. The van der Waals surface area contributed by atoms with Crippen LogP contribution in [-0.2, 0) is 11.8 Å². The predicted molar refractivity (Wildman–Crippen MR) is 87.6 cm³/mol. The Balaban J connectivity index is 2.40. The van der Waals surface area contributed by atoms with Gasteiger partial charge in [0.15, 0.2) is 0 Å². The SMILES string of the molecule is ClCC(CCl)(Cc1ccc(Cl)s1)c1ccccc1Cl. The first-order valence-electron chi connectivity index (χ1n) is 5.72. The Morgan fingerprint density at radius 2 is 1.63 bits per heavy atom. The lowest BCUT2D eigenvalue weighted by atomic mass is 9.80. The highest BCUT2D eigenvalue weighted by Gasteiger charge is 2.33. The second-order valence-electron chi connectivity index (χ2n) is 4.41. The summed E-state index contributed by atoms with van der Waals surface area (Å²) in [5.41, 5.74) is 0.626. The molecule has 19 heavy (non-hydrogen) atoms. The van der Waals surface area contributed by atoms with Crippen LogP contribution in [0.1, 0.15) is 10.4 Å². The minimum atomic E-state index is -0.365. The number of hydrogen-bond acceptors (Lipinski definition) is 1. The smallest absolute Gasteiger partial charge is 0.0931 e. The maximum Gasteiger partial charge on any atom is 0.0931 e. The van der Waals surface area contributed by atoms with E-state index in [4.69, 9.17) is 46.4 Å². The lowest BCUT2D eigenvalue weighted by Crippen LogP contribution is -2.33. The summed E-state index contributed by atoms with van der Waals surface area (Å²) in [6, 6.07) is 11.6. The number of benzene rings is 1. The Hall–Kier alpha value is 0.0800. The summed E-state index contributed by atoms with van der Waals surface area (Å²) < 4.78 is 0.771. The maximum absolute atomic E-state index is 6.30. The number of thiophene rings is 1. The summed E-state index contributed by atoms with van der Waals surface area (Å²) >= 11 is 26.3. The van der Waals surface area contributed by atoms with Gasteiger partial charge in [0.2, 0.25) is 0 Å². The van der Waals surface area contributed by atoms with Crippen molar-refractivity contribution in [3.63, 3.8) is 0 Å². The molecule has 0 nitrogen and oxygen atoms in total. The second-order valence-corrected chi connectivity index (χ2v) is 7.15. The van der Waals surface area contributed by atoms with Gasteiger partial charge in [-0.25, -0.2) is 0 Å². The molecular weight excluding hydrogens is 342 g/mol. The maximum atomic E-state index is 6.30. The first-order chi connectivity index (χ1) is 9.11. The van der Waals surface area contributed by atoms with Crippen LogP contribution >= 0.6 is 57.7 Å². The lowest BCUT2D eigenvalue weighted by molar-refractivity contribution is 0.541. The third-order valence-electron chi connectivity index (χ3n) is 3.10. The molecule has 102 valence electrons. The molecule has 0 N–H and O–H groups in total. The topological polar surface area (TPSA) is 0 Å². The minimum absolute atomic E-state index is 0.365. The van der Waals surface area contributed by atoms with E-state index in [1.54, 1.807) is 11.3 Å². The van der Waals surface area contributed by atoms with Crippen molar-refractivity contribution in [1.29, 1.82) is 0 Å². The van der Waals surface area contributed by atoms with Crippen molar-refractivity contribution in [2.45, 2.75) is 11.8 Å². The van der Waals surface area contributed by atoms with Crippen molar-refractivity contribution < 1.29 is 0 Å². The van der Waals surface area contributed by atoms with Gasteiger partial charge in [-0.05, 0) is 30.2 Å². The van der Waals surface area contributed by atoms with Gasteiger partial charge in [-0.1, -0.05) is 41.4 Å². The molecule has 1 heterocycles. The Morgan fingerprint density at radius 1 is 0.947 bits per heavy atom. The summed E-state index contributed by atoms with van der Waals surface area (Å²) in [5, 5.41) is 0.700. The largest absolute Gasteiger partial charge is 0.128 e. The van der Waals surface area contributed by atoms with Crippen LogP contribution in [0.5, 0.6) is 0 Å². The second kappa shape index (κ2) is 6.69. The zero-order chi connectivity index (χ0) is 13.9. The third kappa shape index (κ3) is 3.40. The molecule has 0 aliphatic rings. The molecule has 5 heteroatoms. The van der Waals surface area contributed by atoms with Crippen LogP contribution in [-0.4, -0.2) is 11.8 Å². The van der Waals surface area contributed by atoms with Crippen LogP contribution < -0.4 is 0 Å². The number of alkyl halides is 2. The van der Waals surface area contributed by atoms with Crippen molar-refractivity contribution in [3.05, 3.63) is 56.2 Å². The summed E-state index contributed by atoms with van der Waals surface area (Å²) in [4.78, 5) is 1.16. The molecule has 0 unspecified atom stereocenters. The molecule has 0 fully saturated rings. The molecule has 0 saturated carbocycles. The van der Waals surface area contributed by atoms with E-state index in [2.05, 4.69) is 0 Å². The third-order valence-corrected chi connectivity index (χ3v) is 5.68. The number of halogens is 4. The van der Waals surface area contributed by atoms with Gasteiger partial charge in [0, 0.05) is 27.1 Å². The molecule has 0 spiro atoms. The van der Waals surface area contributed by atoms with Gasteiger partial charge < -0.3 is 0 Å². The minimum Gasteiger partial charge on any atom is -0.128 e. The molecule has 1 aromatic heterocycles. The van der Waals surface area contributed by atoms with E-state index < -0.39 is 0 Å². The summed E-state index contributed by atoms with van der Waals surface area (Å²) in [5.74, 6) is 0.825. The number of hydrogen-bond donors (Lipinski definition) is 0. The van der Waals surface area contributed by atoms with Crippen molar-refractivity contribution in [2.24, 2.45) is 0 Å². The van der Waals surface area contributed by atoms with E-state index in [1.165, 1.54) is 0 Å². The molecule has 0 radical (unpaired) electrons. The highest BCUT2D eigenvalue weighted by atomic mass is 35.5. The van der Waals surface area contributed by atoms with Gasteiger partial charge in [-0.3, -0.25) is 0 Å². The molecule has 0 aliphatic carbocycles. The Labute approximate surface area is 137 Å². The summed E-state index contributed by atoms with van der Waals surface area (Å²) in [6.45, 7) is 0. The molecule has 0 amide bonds. The predicted octanol–water partition coefficient (Wildman–Crippen LogP) is 6.01. The first-order valence-corrected chi connectivity index (χ1v) is 8.36. The molecule has 0 aliphatic heterocycles. The molecule has 2 aromatic rings.